The van der Waals surface area contributed by atoms with Crippen LogP contribution in [-0.4, -0.2) is 38.9 Å². The minimum atomic E-state index is -0.465. The van der Waals surface area contributed by atoms with Crippen LogP contribution < -0.4 is 0 Å². The Kier molecular flexibility index (Phi) is 4.88. The number of amides is 1. The predicted molar refractivity (Wildman–Crippen MR) is 108 cm³/mol. The zero-order chi connectivity index (χ0) is 19.8. The second-order valence-electron chi connectivity index (χ2n) is 8.95. The molecule has 0 radical (unpaired) electrons. The lowest BCUT2D eigenvalue weighted by Crippen LogP contribution is -2.49. The van der Waals surface area contributed by atoms with E-state index >= 15 is 0 Å². The van der Waals surface area contributed by atoms with Crippen LogP contribution in [0.4, 0.5) is 4.39 Å². The topological polar surface area (TPSA) is 51.0 Å². The Balaban J connectivity index is 1.31. The molecule has 2 aliphatic carbocycles. The van der Waals surface area contributed by atoms with Crippen molar-refractivity contribution in [1.82, 2.24) is 19.9 Å². The van der Waals surface area contributed by atoms with Gasteiger partial charge in [-0.15, -0.1) is 5.10 Å². The number of benzene rings is 1. The van der Waals surface area contributed by atoms with Crippen LogP contribution >= 0.6 is 0 Å². The maximum absolute atomic E-state index is 13.6. The number of carbonyl (C=O) groups excluding carboxylic acids is 1. The van der Waals surface area contributed by atoms with Crippen molar-refractivity contribution in [2.24, 2.45) is 0 Å². The van der Waals surface area contributed by atoms with Crippen LogP contribution in [0, 0.1) is 5.82 Å². The van der Waals surface area contributed by atoms with Gasteiger partial charge in [0.05, 0.1) is 22.8 Å². The molecular formula is C23H29FN4O. The molecule has 1 aliphatic heterocycles. The maximum atomic E-state index is 13.6. The molecule has 1 saturated heterocycles. The summed E-state index contributed by atoms with van der Waals surface area (Å²) in [4.78, 5) is 15.7. The second-order valence-corrected chi connectivity index (χ2v) is 8.95. The molecule has 5 rings (SSSR count). The Hall–Kier alpha value is -2.24. The molecule has 1 amide bonds. The van der Waals surface area contributed by atoms with Crippen molar-refractivity contribution >= 4 is 5.91 Å². The minimum absolute atomic E-state index is 0.237. The first-order chi connectivity index (χ1) is 14.2. The van der Waals surface area contributed by atoms with Gasteiger partial charge in [-0.2, -0.15) is 0 Å². The lowest BCUT2D eigenvalue weighted by atomic mass is 9.77. The Labute approximate surface area is 171 Å². The Morgan fingerprint density at radius 1 is 1.00 bits per heavy atom. The van der Waals surface area contributed by atoms with Crippen LogP contribution in [0.3, 0.4) is 0 Å². The lowest BCUT2D eigenvalue weighted by molar-refractivity contribution is -0.138. The van der Waals surface area contributed by atoms with Crippen LogP contribution in [0.2, 0.25) is 0 Å². The van der Waals surface area contributed by atoms with E-state index in [9.17, 15) is 9.18 Å². The number of carbonyl (C=O) groups is 1. The Morgan fingerprint density at radius 3 is 2.41 bits per heavy atom. The summed E-state index contributed by atoms with van der Waals surface area (Å²) < 4.78 is 15.6. The number of hydrogen-bond donors (Lipinski definition) is 0. The molecule has 1 aromatic heterocycles. The van der Waals surface area contributed by atoms with Crippen LogP contribution in [0.5, 0.6) is 0 Å². The van der Waals surface area contributed by atoms with E-state index in [0.717, 1.165) is 70.0 Å². The number of hydrogen-bond acceptors (Lipinski definition) is 3. The van der Waals surface area contributed by atoms with Crippen molar-refractivity contribution in [3.8, 4) is 0 Å². The van der Waals surface area contributed by atoms with Gasteiger partial charge in [0, 0.05) is 13.1 Å². The first-order valence-corrected chi connectivity index (χ1v) is 11.2. The SMILES string of the molecule is O=C(N1CCC(n2nnc3c2CCCC3)CC1)C1(c2ccc(F)cc2)CCCC1. The van der Waals surface area contributed by atoms with E-state index in [2.05, 4.69) is 19.9 Å². The van der Waals surface area contributed by atoms with Crippen molar-refractivity contribution in [2.75, 3.05) is 13.1 Å². The highest BCUT2D eigenvalue weighted by Gasteiger charge is 2.45. The molecule has 0 spiro atoms. The Morgan fingerprint density at radius 2 is 1.69 bits per heavy atom. The Bertz CT molecular complexity index is 877. The summed E-state index contributed by atoms with van der Waals surface area (Å²) >= 11 is 0. The molecule has 0 N–H and O–H groups in total. The second kappa shape index (κ2) is 7.54. The molecule has 0 atom stereocenters. The van der Waals surface area contributed by atoms with Crippen LogP contribution in [0.25, 0.3) is 0 Å². The van der Waals surface area contributed by atoms with E-state index in [-0.39, 0.29) is 11.7 Å². The van der Waals surface area contributed by atoms with Gasteiger partial charge in [0.15, 0.2) is 0 Å². The molecule has 1 saturated carbocycles. The molecular weight excluding hydrogens is 367 g/mol. The molecule has 6 heteroatoms. The van der Waals surface area contributed by atoms with Gasteiger partial charge in [-0.05, 0) is 69.1 Å². The summed E-state index contributed by atoms with van der Waals surface area (Å²) in [6.07, 6.45) is 10.3. The summed E-state index contributed by atoms with van der Waals surface area (Å²) in [7, 11) is 0. The fourth-order valence-electron chi connectivity index (χ4n) is 5.67. The molecule has 5 nitrogen and oxygen atoms in total. The van der Waals surface area contributed by atoms with Crippen molar-refractivity contribution in [3.05, 3.63) is 47.0 Å². The van der Waals surface area contributed by atoms with Gasteiger partial charge < -0.3 is 4.90 Å². The highest BCUT2D eigenvalue weighted by molar-refractivity contribution is 5.88. The number of likely N-dealkylation sites (tertiary alicyclic amines) is 1. The van der Waals surface area contributed by atoms with Crippen molar-refractivity contribution in [1.29, 1.82) is 0 Å². The molecule has 3 aliphatic rings. The molecule has 2 aromatic rings. The summed E-state index contributed by atoms with van der Waals surface area (Å²) in [5, 5.41) is 8.87. The number of fused-ring (bicyclic) bond motifs is 1. The van der Waals surface area contributed by atoms with Gasteiger partial charge in [0.25, 0.3) is 0 Å². The third-order valence-corrected chi connectivity index (χ3v) is 7.31. The third-order valence-electron chi connectivity index (χ3n) is 7.31. The number of piperidine rings is 1. The van der Waals surface area contributed by atoms with E-state index < -0.39 is 5.41 Å². The van der Waals surface area contributed by atoms with E-state index in [1.807, 2.05) is 12.1 Å². The average molecular weight is 397 g/mol. The summed E-state index contributed by atoms with van der Waals surface area (Å²) in [6.45, 7) is 1.53. The number of aromatic nitrogens is 3. The van der Waals surface area contributed by atoms with Crippen molar-refractivity contribution < 1.29 is 9.18 Å². The molecule has 1 aromatic carbocycles. The fraction of sp³-hybridized carbons (Fsp3) is 0.609. The van der Waals surface area contributed by atoms with E-state index in [1.54, 1.807) is 0 Å². The van der Waals surface area contributed by atoms with Crippen LogP contribution in [0.15, 0.2) is 24.3 Å². The zero-order valence-electron chi connectivity index (χ0n) is 16.9. The molecule has 2 heterocycles. The highest BCUT2D eigenvalue weighted by Crippen LogP contribution is 2.43. The number of nitrogens with zero attached hydrogens (tertiary/aromatic N) is 4. The highest BCUT2D eigenvalue weighted by atomic mass is 19.1. The van der Waals surface area contributed by atoms with Gasteiger partial charge in [-0.25, -0.2) is 9.07 Å². The summed E-state index contributed by atoms with van der Waals surface area (Å²) in [5.41, 5.74) is 3.01. The van der Waals surface area contributed by atoms with Gasteiger partial charge in [-0.3, -0.25) is 4.79 Å². The number of rotatable bonds is 3. The zero-order valence-corrected chi connectivity index (χ0v) is 16.9. The molecule has 154 valence electrons. The molecule has 0 unspecified atom stereocenters. The molecule has 29 heavy (non-hydrogen) atoms. The maximum Gasteiger partial charge on any atom is 0.233 e. The lowest BCUT2D eigenvalue weighted by Gasteiger charge is -2.39. The molecule has 2 fully saturated rings. The van der Waals surface area contributed by atoms with Gasteiger partial charge in [-0.1, -0.05) is 30.2 Å². The minimum Gasteiger partial charge on any atom is -0.342 e. The predicted octanol–water partition coefficient (Wildman–Crippen LogP) is 3.97. The molecule has 0 bridgehead atoms. The number of halogens is 1. The van der Waals surface area contributed by atoms with E-state index in [1.165, 1.54) is 36.4 Å². The monoisotopic (exact) mass is 396 g/mol. The third kappa shape index (κ3) is 3.26. The van der Waals surface area contributed by atoms with Gasteiger partial charge >= 0.3 is 0 Å². The van der Waals surface area contributed by atoms with Crippen molar-refractivity contribution in [2.45, 2.75) is 75.7 Å². The van der Waals surface area contributed by atoms with E-state index in [0.29, 0.717) is 6.04 Å². The van der Waals surface area contributed by atoms with Crippen LogP contribution in [-0.2, 0) is 23.1 Å². The average Bonchev–Trinajstić information content (AvgIpc) is 3.42. The van der Waals surface area contributed by atoms with E-state index in [4.69, 9.17) is 0 Å². The smallest absolute Gasteiger partial charge is 0.233 e. The standard InChI is InChI=1S/C23H29FN4O/c24-18-9-7-17(8-10-18)23(13-3-4-14-23)22(29)27-15-11-19(12-16-27)28-21-6-2-1-5-20(21)25-26-28/h7-10,19H,1-6,11-16H2. The first kappa shape index (κ1) is 18.8. The summed E-state index contributed by atoms with van der Waals surface area (Å²) in [6, 6.07) is 6.95. The largest absolute Gasteiger partial charge is 0.342 e. The van der Waals surface area contributed by atoms with Gasteiger partial charge in [0.2, 0.25) is 5.91 Å². The van der Waals surface area contributed by atoms with Crippen molar-refractivity contribution in [3.63, 3.8) is 0 Å². The summed E-state index contributed by atoms with van der Waals surface area (Å²) in [5.74, 6) is -0.00741. The van der Waals surface area contributed by atoms with Gasteiger partial charge in [0.1, 0.15) is 5.82 Å². The quantitative estimate of drug-likeness (QED) is 0.789. The fourth-order valence-corrected chi connectivity index (χ4v) is 5.67. The van der Waals surface area contributed by atoms with Crippen LogP contribution in [0.1, 0.15) is 74.4 Å². The first-order valence-electron chi connectivity index (χ1n) is 11.2. The number of aryl methyl sites for hydroxylation is 1. The normalized spacial score (nSPS) is 21.9.